The molecule has 0 spiro atoms. The average molecular weight is 179 g/mol. The largest absolute Gasteiger partial charge is 0.506 e. The molecule has 0 aromatic carbocycles. The lowest BCUT2D eigenvalue weighted by atomic mass is 10.2. The van der Waals surface area contributed by atoms with Crippen LogP contribution in [0, 0.1) is 16.7 Å². The van der Waals surface area contributed by atoms with Gasteiger partial charge in [-0.2, -0.15) is 0 Å². The van der Waals surface area contributed by atoms with Gasteiger partial charge in [-0.15, -0.1) is 0 Å². The van der Waals surface area contributed by atoms with E-state index in [1.54, 1.807) is 0 Å². The van der Waals surface area contributed by atoms with Crippen LogP contribution < -0.4 is 5.49 Å². The highest BCUT2D eigenvalue weighted by atomic mass is 16.3. The van der Waals surface area contributed by atoms with Crippen molar-refractivity contribution < 1.29 is 5.11 Å². The fourth-order valence-electron chi connectivity index (χ4n) is 0.967. The topological polar surface area (TPSA) is 72.9 Å². The van der Waals surface area contributed by atoms with Gasteiger partial charge >= 0.3 is 0 Å². The van der Waals surface area contributed by atoms with Crippen LogP contribution in [0.4, 0.5) is 0 Å². The zero-order valence-corrected chi connectivity index (χ0v) is 7.70. The standard InChI is InChI=1S/C9H13N3O/c1-6(2)9(11)12-5-7(13)3-4-8(12)10/h3-6,10-11,13H,1-2H3. The fourth-order valence-corrected chi connectivity index (χ4v) is 0.967. The fraction of sp³-hybridized carbons (Fsp3) is 0.333. The maximum absolute atomic E-state index is 9.17. The van der Waals surface area contributed by atoms with E-state index in [-0.39, 0.29) is 17.2 Å². The second-order valence-electron chi connectivity index (χ2n) is 3.18. The zero-order chi connectivity index (χ0) is 10.0. The molecule has 0 bridgehead atoms. The Morgan fingerprint density at radius 2 is 2.08 bits per heavy atom. The summed E-state index contributed by atoms with van der Waals surface area (Å²) in [7, 11) is 0. The van der Waals surface area contributed by atoms with Crippen molar-refractivity contribution in [2.75, 3.05) is 0 Å². The molecule has 0 saturated carbocycles. The highest BCUT2D eigenvalue weighted by molar-refractivity contribution is 5.83. The van der Waals surface area contributed by atoms with Crippen LogP contribution in [0.3, 0.4) is 0 Å². The minimum absolute atomic E-state index is 0.0379. The Hall–Kier alpha value is -1.58. The van der Waals surface area contributed by atoms with Crippen molar-refractivity contribution in [2.24, 2.45) is 5.92 Å². The van der Waals surface area contributed by atoms with Crippen molar-refractivity contribution >= 4 is 5.84 Å². The van der Waals surface area contributed by atoms with Crippen LogP contribution in [0.1, 0.15) is 13.8 Å². The second kappa shape index (κ2) is 3.43. The van der Waals surface area contributed by atoms with Crippen LogP contribution in [-0.2, 0) is 0 Å². The SMILES string of the molecule is CC(C)C(=N)n1cc(O)ccc1=N. The Kier molecular flexibility index (Phi) is 2.51. The number of aromatic hydroxyl groups is 1. The lowest BCUT2D eigenvalue weighted by molar-refractivity contribution is 0.469. The van der Waals surface area contributed by atoms with Crippen LogP contribution in [0.15, 0.2) is 18.3 Å². The van der Waals surface area contributed by atoms with Gasteiger partial charge in [0.1, 0.15) is 17.1 Å². The molecule has 0 aliphatic carbocycles. The summed E-state index contributed by atoms with van der Waals surface area (Å²) in [5.74, 6) is 0.415. The average Bonchev–Trinajstić information content (AvgIpc) is 2.08. The Bertz CT molecular complexity index is 379. The molecule has 4 nitrogen and oxygen atoms in total. The first kappa shape index (κ1) is 9.51. The van der Waals surface area contributed by atoms with Gasteiger partial charge in [0.05, 0.1) is 6.20 Å². The minimum atomic E-state index is 0.0379. The highest BCUT2D eigenvalue weighted by Gasteiger charge is 2.05. The van der Waals surface area contributed by atoms with E-state index < -0.39 is 0 Å². The Balaban J connectivity index is 3.21. The number of aromatic nitrogens is 1. The van der Waals surface area contributed by atoms with Crippen molar-refractivity contribution in [1.29, 1.82) is 10.8 Å². The van der Waals surface area contributed by atoms with Gasteiger partial charge in [0.15, 0.2) is 0 Å². The number of hydrogen-bond donors (Lipinski definition) is 3. The van der Waals surface area contributed by atoms with Crippen molar-refractivity contribution in [2.45, 2.75) is 13.8 Å². The monoisotopic (exact) mass is 179 g/mol. The minimum Gasteiger partial charge on any atom is -0.506 e. The van der Waals surface area contributed by atoms with Crippen LogP contribution in [-0.4, -0.2) is 15.5 Å². The van der Waals surface area contributed by atoms with Crippen molar-refractivity contribution in [1.82, 2.24) is 4.57 Å². The van der Waals surface area contributed by atoms with Crippen LogP contribution in [0.25, 0.3) is 0 Å². The predicted octanol–water partition coefficient (Wildman–Crippen LogP) is 1.15. The summed E-state index contributed by atoms with van der Waals surface area (Å²) in [5.41, 5.74) is 0.205. The lowest BCUT2D eigenvalue weighted by Gasteiger charge is -2.11. The van der Waals surface area contributed by atoms with Gasteiger partial charge in [-0.05, 0) is 12.1 Å². The molecule has 1 aromatic heterocycles. The van der Waals surface area contributed by atoms with Gasteiger partial charge in [0.2, 0.25) is 0 Å². The summed E-state index contributed by atoms with van der Waals surface area (Å²) in [6, 6.07) is 2.90. The maximum atomic E-state index is 9.17. The van der Waals surface area contributed by atoms with Crippen molar-refractivity contribution in [3.05, 3.63) is 23.8 Å². The van der Waals surface area contributed by atoms with E-state index in [9.17, 15) is 0 Å². The third-order valence-corrected chi connectivity index (χ3v) is 1.74. The van der Waals surface area contributed by atoms with Gasteiger partial charge in [-0.25, -0.2) is 0 Å². The van der Waals surface area contributed by atoms with E-state index in [4.69, 9.17) is 15.9 Å². The molecule has 70 valence electrons. The third-order valence-electron chi connectivity index (χ3n) is 1.74. The van der Waals surface area contributed by atoms with Crippen LogP contribution >= 0.6 is 0 Å². The Morgan fingerprint density at radius 1 is 1.46 bits per heavy atom. The normalized spacial score (nSPS) is 10.4. The van der Waals surface area contributed by atoms with E-state index in [0.29, 0.717) is 5.84 Å². The van der Waals surface area contributed by atoms with E-state index >= 15 is 0 Å². The number of hydrogen-bond acceptors (Lipinski definition) is 3. The summed E-state index contributed by atoms with van der Waals surface area (Å²) in [6.07, 6.45) is 1.38. The Labute approximate surface area is 76.5 Å². The van der Waals surface area contributed by atoms with E-state index in [2.05, 4.69) is 0 Å². The molecule has 0 aliphatic rings. The molecule has 3 N–H and O–H groups in total. The van der Waals surface area contributed by atoms with E-state index in [1.165, 1.54) is 22.9 Å². The molecule has 0 aliphatic heterocycles. The van der Waals surface area contributed by atoms with Gasteiger partial charge < -0.3 is 5.11 Å². The van der Waals surface area contributed by atoms with Gasteiger partial charge in [-0.1, -0.05) is 13.8 Å². The van der Waals surface area contributed by atoms with E-state index in [0.717, 1.165) is 0 Å². The molecule has 1 heterocycles. The summed E-state index contributed by atoms with van der Waals surface area (Å²) in [6.45, 7) is 3.75. The highest BCUT2D eigenvalue weighted by Crippen LogP contribution is 2.04. The first-order chi connectivity index (χ1) is 6.02. The number of rotatable bonds is 1. The van der Waals surface area contributed by atoms with Gasteiger partial charge in [0, 0.05) is 5.92 Å². The van der Waals surface area contributed by atoms with E-state index in [1.807, 2.05) is 13.8 Å². The molecule has 0 amide bonds. The Morgan fingerprint density at radius 3 is 2.62 bits per heavy atom. The van der Waals surface area contributed by atoms with Crippen LogP contribution in [0.2, 0.25) is 0 Å². The smallest absolute Gasteiger partial charge is 0.132 e. The predicted molar refractivity (Wildman–Crippen MR) is 49.9 cm³/mol. The summed E-state index contributed by atoms with van der Waals surface area (Å²) < 4.78 is 1.36. The van der Waals surface area contributed by atoms with Gasteiger partial charge in [-0.3, -0.25) is 15.4 Å². The number of pyridine rings is 1. The van der Waals surface area contributed by atoms with Gasteiger partial charge in [0.25, 0.3) is 0 Å². The summed E-state index contributed by atoms with van der Waals surface area (Å²) in [4.78, 5) is 0. The number of nitrogens with zero attached hydrogens (tertiary/aromatic N) is 1. The summed E-state index contributed by atoms with van der Waals surface area (Å²) in [5, 5.41) is 24.3. The third kappa shape index (κ3) is 1.96. The van der Waals surface area contributed by atoms with Crippen LogP contribution in [0.5, 0.6) is 5.75 Å². The number of nitrogens with one attached hydrogen (secondary N) is 2. The molecule has 4 heteroatoms. The zero-order valence-electron chi connectivity index (χ0n) is 7.70. The lowest BCUT2D eigenvalue weighted by Crippen LogP contribution is -2.28. The quantitative estimate of drug-likeness (QED) is 0.439. The molecule has 0 atom stereocenters. The van der Waals surface area contributed by atoms with Crippen molar-refractivity contribution in [3.63, 3.8) is 0 Å². The molecule has 13 heavy (non-hydrogen) atoms. The molecule has 0 radical (unpaired) electrons. The summed E-state index contributed by atoms with van der Waals surface area (Å²) >= 11 is 0. The molecule has 1 aromatic rings. The van der Waals surface area contributed by atoms with Crippen molar-refractivity contribution in [3.8, 4) is 5.75 Å². The molecule has 1 rings (SSSR count). The molecular weight excluding hydrogens is 166 g/mol. The molecular formula is C9H13N3O. The maximum Gasteiger partial charge on any atom is 0.132 e. The molecule has 0 fully saturated rings. The second-order valence-corrected chi connectivity index (χ2v) is 3.18. The molecule has 0 unspecified atom stereocenters. The first-order valence-corrected chi connectivity index (χ1v) is 4.07. The molecule has 0 saturated heterocycles. The first-order valence-electron chi connectivity index (χ1n) is 4.07.